The molecule has 0 aliphatic rings. The molecule has 1 atom stereocenters. The molecule has 2 rings (SSSR count). The summed E-state index contributed by atoms with van der Waals surface area (Å²) in [6, 6.07) is 9.99. The maximum Gasteiger partial charge on any atom is 0.271 e. The van der Waals surface area contributed by atoms with Gasteiger partial charge < -0.3 is 11.1 Å². The lowest BCUT2D eigenvalue weighted by atomic mass is 9.97. The third-order valence-electron chi connectivity index (χ3n) is 2.97. The van der Waals surface area contributed by atoms with Crippen molar-refractivity contribution in [2.45, 2.75) is 26.3 Å². The van der Waals surface area contributed by atoms with Gasteiger partial charge in [-0.05, 0) is 17.9 Å². The molecular weight excluding hydrogens is 270 g/mol. The molecule has 5 heteroatoms. The van der Waals surface area contributed by atoms with Gasteiger partial charge in [-0.15, -0.1) is 11.3 Å². The van der Waals surface area contributed by atoms with Gasteiger partial charge >= 0.3 is 0 Å². The summed E-state index contributed by atoms with van der Waals surface area (Å²) in [6.45, 7) is 4.28. The zero-order valence-electron chi connectivity index (χ0n) is 11.7. The molecule has 0 bridgehead atoms. The molecule has 0 radical (unpaired) electrons. The van der Waals surface area contributed by atoms with Crippen LogP contribution in [0.4, 0.5) is 5.13 Å². The molecule has 1 aromatic heterocycles. The summed E-state index contributed by atoms with van der Waals surface area (Å²) in [5.41, 5.74) is 7.06. The van der Waals surface area contributed by atoms with Crippen molar-refractivity contribution in [3.63, 3.8) is 0 Å². The molecule has 0 saturated carbocycles. The van der Waals surface area contributed by atoms with Crippen molar-refractivity contribution in [2.24, 2.45) is 5.92 Å². The molecule has 0 aliphatic heterocycles. The first-order valence-corrected chi connectivity index (χ1v) is 7.51. The summed E-state index contributed by atoms with van der Waals surface area (Å²) in [4.78, 5) is 16.2. The minimum Gasteiger partial charge on any atom is -0.375 e. The highest BCUT2D eigenvalue weighted by molar-refractivity contribution is 7.13. The van der Waals surface area contributed by atoms with E-state index in [1.807, 2.05) is 30.3 Å². The smallest absolute Gasteiger partial charge is 0.271 e. The van der Waals surface area contributed by atoms with Gasteiger partial charge in [-0.2, -0.15) is 0 Å². The van der Waals surface area contributed by atoms with E-state index in [9.17, 15) is 4.79 Å². The highest BCUT2D eigenvalue weighted by Gasteiger charge is 2.18. The number of nitrogens with two attached hydrogens (primary N) is 1. The number of amides is 1. The maximum atomic E-state index is 12.2. The van der Waals surface area contributed by atoms with Crippen LogP contribution in [0.3, 0.4) is 0 Å². The minimum atomic E-state index is -0.174. The van der Waals surface area contributed by atoms with Crippen molar-refractivity contribution in [1.82, 2.24) is 10.3 Å². The minimum absolute atomic E-state index is 0.00776. The number of benzene rings is 1. The Morgan fingerprint density at radius 3 is 2.60 bits per heavy atom. The second kappa shape index (κ2) is 6.52. The summed E-state index contributed by atoms with van der Waals surface area (Å²) in [7, 11) is 0. The van der Waals surface area contributed by atoms with E-state index >= 15 is 0 Å². The van der Waals surface area contributed by atoms with Crippen LogP contribution in [0.2, 0.25) is 0 Å². The fourth-order valence-electron chi connectivity index (χ4n) is 2.06. The second-order valence-electron chi connectivity index (χ2n) is 5.14. The van der Waals surface area contributed by atoms with Crippen LogP contribution in [0.15, 0.2) is 35.7 Å². The number of aromatic nitrogens is 1. The standard InChI is InChI=1S/C15H19N3OS/c1-10(2)8-12(11-6-4-3-5-7-11)17-14(19)13-9-20-15(16)18-13/h3-7,9-10,12H,8H2,1-2H3,(H2,16,18)(H,17,19). The van der Waals surface area contributed by atoms with Crippen LogP contribution in [-0.2, 0) is 0 Å². The second-order valence-corrected chi connectivity index (χ2v) is 6.03. The molecule has 106 valence electrons. The molecule has 1 amide bonds. The van der Waals surface area contributed by atoms with Crippen LogP contribution in [0, 0.1) is 5.92 Å². The Bertz CT molecular complexity index is 566. The molecule has 1 aromatic carbocycles. The average Bonchev–Trinajstić information content (AvgIpc) is 2.85. The van der Waals surface area contributed by atoms with Crippen LogP contribution in [-0.4, -0.2) is 10.9 Å². The number of carbonyl (C=O) groups excluding carboxylic acids is 1. The lowest BCUT2D eigenvalue weighted by Crippen LogP contribution is -2.29. The number of thiazole rings is 1. The molecular formula is C15H19N3OS. The van der Waals surface area contributed by atoms with Crippen molar-refractivity contribution in [3.05, 3.63) is 47.0 Å². The first-order valence-electron chi connectivity index (χ1n) is 6.63. The lowest BCUT2D eigenvalue weighted by molar-refractivity contribution is 0.0927. The Balaban J connectivity index is 2.14. The number of hydrogen-bond donors (Lipinski definition) is 2. The SMILES string of the molecule is CC(C)CC(NC(=O)c1csc(N)n1)c1ccccc1. The Hall–Kier alpha value is -1.88. The van der Waals surface area contributed by atoms with Crippen LogP contribution in [0.25, 0.3) is 0 Å². The molecule has 0 spiro atoms. The van der Waals surface area contributed by atoms with Gasteiger partial charge in [0.05, 0.1) is 6.04 Å². The summed E-state index contributed by atoms with van der Waals surface area (Å²) >= 11 is 1.28. The number of nitrogens with one attached hydrogen (secondary N) is 1. The first kappa shape index (κ1) is 14.5. The van der Waals surface area contributed by atoms with Crippen LogP contribution in [0.5, 0.6) is 0 Å². The monoisotopic (exact) mass is 289 g/mol. The quantitative estimate of drug-likeness (QED) is 0.888. The number of carbonyl (C=O) groups is 1. The maximum absolute atomic E-state index is 12.2. The predicted molar refractivity (Wildman–Crippen MR) is 82.6 cm³/mol. The summed E-state index contributed by atoms with van der Waals surface area (Å²) < 4.78 is 0. The number of anilines is 1. The molecule has 20 heavy (non-hydrogen) atoms. The van der Waals surface area contributed by atoms with Crippen molar-refractivity contribution in [3.8, 4) is 0 Å². The zero-order valence-corrected chi connectivity index (χ0v) is 12.5. The molecule has 0 fully saturated rings. The molecule has 1 heterocycles. The van der Waals surface area contributed by atoms with E-state index in [1.165, 1.54) is 11.3 Å². The van der Waals surface area contributed by atoms with Gasteiger partial charge in [-0.1, -0.05) is 44.2 Å². The van der Waals surface area contributed by atoms with Crippen molar-refractivity contribution in [1.29, 1.82) is 0 Å². The first-order chi connectivity index (χ1) is 9.56. The van der Waals surface area contributed by atoms with E-state index in [1.54, 1.807) is 5.38 Å². The number of nitrogen functional groups attached to an aromatic ring is 1. The lowest BCUT2D eigenvalue weighted by Gasteiger charge is -2.20. The largest absolute Gasteiger partial charge is 0.375 e. The topological polar surface area (TPSA) is 68.0 Å². The fraction of sp³-hybridized carbons (Fsp3) is 0.333. The van der Waals surface area contributed by atoms with Gasteiger partial charge in [0, 0.05) is 5.38 Å². The third kappa shape index (κ3) is 3.81. The molecule has 0 saturated heterocycles. The van der Waals surface area contributed by atoms with Gasteiger partial charge in [0.2, 0.25) is 0 Å². The summed E-state index contributed by atoms with van der Waals surface area (Å²) in [5, 5.41) is 5.14. The van der Waals surface area contributed by atoms with Crippen LogP contribution >= 0.6 is 11.3 Å². The number of hydrogen-bond acceptors (Lipinski definition) is 4. The van der Waals surface area contributed by atoms with Gasteiger partial charge in [0.1, 0.15) is 5.69 Å². The van der Waals surface area contributed by atoms with Gasteiger partial charge in [0.15, 0.2) is 5.13 Å². The van der Waals surface area contributed by atoms with Crippen LogP contribution < -0.4 is 11.1 Å². The van der Waals surface area contributed by atoms with E-state index in [0.29, 0.717) is 16.7 Å². The van der Waals surface area contributed by atoms with Crippen molar-refractivity contribution >= 4 is 22.4 Å². The van der Waals surface area contributed by atoms with E-state index in [4.69, 9.17) is 5.73 Å². The van der Waals surface area contributed by atoms with Crippen LogP contribution in [0.1, 0.15) is 42.4 Å². The van der Waals surface area contributed by atoms with Crippen molar-refractivity contribution < 1.29 is 4.79 Å². The van der Waals surface area contributed by atoms with E-state index in [2.05, 4.69) is 24.1 Å². The number of rotatable bonds is 5. The fourth-order valence-corrected chi connectivity index (χ4v) is 2.60. The van der Waals surface area contributed by atoms with E-state index in [-0.39, 0.29) is 11.9 Å². The molecule has 4 nitrogen and oxygen atoms in total. The highest BCUT2D eigenvalue weighted by Crippen LogP contribution is 2.22. The summed E-state index contributed by atoms with van der Waals surface area (Å²) in [5.74, 6) is 0.313. The predicted octanol–water partition coefficient (Wildman–Crippen LogP) is 3.24. The zero-order chi connectivity index (χ0) is 14.5. The van der Waals surface area contributed by atoms with Gasteiger partial charge in [-0.25, -0.2) is 4.98 Å². The Labute approximate surface area is 123 Å². The molecule has 0 aliphatic carbocycles. The van der Waals surface area contributed by atoms with Gasteiger partial charge in [0.25, 0.3) is 5.91 Å². The Morgan fingerprint density at radius 2 is 2.05 bits per heavy atom. The summed E-state index contributed by atoms with van der Waals surface area (Å²) in [6.07, 6.45) is 0.884. The van der Waals surface area contributed by atoms with E-state index in [0.717, 1.165) is 12.0 Å². The van der Waals surface area contributed by atoms with Gasteiger partial charge in [-0.3, -0.25) is 4.79 Å². The molecule has 2 aromatic rings. The van der Waals surface area contributed by atoms with Crippen molar-refractivity contribution in [2.75, 3.05) is 5.73 Å². The Morgan fingerprint density at radius 1 is 1.35 bits per heavy atom. The Kier molecular flexibility index (Phi) is 4.74. The average molecular weight is 289 g/mol. The highest BCUT2D eigenvalue weighted by atomic mass is 32.1. The molecule has 3 N–H and O–H groups in total. The normalized spacial score (nSPS) is 12.3. The molecule has 1 unspecified atom stereocenters. The third-order valence-corrected chi connectivity index (χ3v) is 3.64. The number of nitrogens with zero attached hydrogens (tertiary/aromatic N) is 1. The van der Waals surface area contributed by atoms with E-state index < -0.39 is 0 Å².